The lowest BCUT2D eigenvalue weighted by Gasteiger charge is -1.96. The van der Waals surface area contributed by atoms with E-state index in [2.05, 4.69) is 15.0 Å². The van der Waals surface area contributed by atoms with Gasteiger partial charge in [-0.3, -0.25) is 0 Å². The van der Waals surface area contributed by atoms with Gasteiger partial charge in [0.1, 0.15) is 11.0 Å². The Morgan fingerprint density at radius 1 is 1.25 bits per heavy atom. The zero-order valence-corrected chi connectivity index (χ0v) is 6.92. The molecule has 2 rings (SSSR count). The first-order valence-corrected chi connectivity index (χ1v) is 3.86. The molecule has 12 heavy (non-hydrogen) atoms. The van der Waals surface area contributed by atoms with Crippen LogP contribution in [0.15, 0.2) is 30.7 Å². The third kappa shape index (κ3) is 1.19. The maximum atomic E-state index is 5.84. The predicted molar refractivity (Wildman–Crippen MR) is 46.8 cm³/mol. The first kappa shape index (κ1) is 7.31. The first-order chi connectivity index (χ1) is 5.88. The molecule has 0 fully saturated rings. The van der Waals surface area contributed by atoms with Crippen molar-refractivity contribution in [3.8, 4) is 11.4 Å². The minimum Gasteiger partial charge on any atom is -0.345 e. The average molecular weight is 180 g/mol. The van der Waals surface area contributed by atoms with Crippen LogP contribution in [0.2, 0.25) is 5.15 Å². The van der Waals surface area contributed by atoms with E-state index in [0.717, 1.165) is 11.4 Å². The molecule has 0 bridgehead atoms. The lowest BCUT2D eigenvalue weighted by molar-refractivity contribution is 1.26. The molecule has 4 heteroatoms. The number of nitrogens with zero attached hydrogens (tertiary/aromatic N) is 2. The maximum absolute atomic E-state index is 5.84. The number of nitrogens with one attached hydrogen (secondary N) is 1. The van der Waals surface area contributed by atoms with E-state index in [1.807, 2.05) is 12.1 Å². The molecule has 0 saturated carbocycles. The van der Waals surface area contributed by atoms with Crippen LogP contribution < -0.4 is 0 Å². The fourth-order valence-corrected chi connectivity index (χ4v) is 1.18. The van der Waals surface area contributed by atoms with Crippen molar-refractivity contribution in [1.82, 2.24) is 15.0 Å². The molecule has 0 atom stereocenters. The summed E-state index contributed by atoms with van der Waals surface area (Å²) in [5, 5.41) is 0.465. The second-order valence-electron chi connectivity index (χ2n) is 2.28. The maximum Gasteiger partial charge on any atom is 0.140 e. The highest BCUT2D eigenvalue weighted by molar-refractivity contribution is 6.31. The first-order valence-electron chi connectivity index (χ1n) is 3.48. The molecule has 0 unspecified atom stereocenters. The third-order valence-corrected chi connectivity index (χ3v) is 1.81. The van der Waals surface area contributed by atoms with Crippen LogP contribution >= 0.6 is 11.6 Å². The van der Waals surface area contributed by atoms with Crippen LogP contribution in [0.5, 0.6) is 0 Å². The minimum absolute atomic E-state index is 0.465. The largest absolute Gasteiger partial charge is 0.345 e. The monoisotopic (exact) mass is 179 g/mol. The summed E-state index contributed by atoms with van der Waals surface area (Å²) in [6, 6.07) is 3.69. The Bertz CT molecular complexity index is 370. The van der Waals surface area contributed by atoms with Gasteiger partial charge in [0.25, 0.3) is 0 Å². The quantitative estimate of drug-likeness (QED) is 0.682. The van der Waals surface area contributed by atoms with Gasteiger partial charge < -0.3 is 4.98 Å². The summed E-state index contributed by atoms with van der Waals surface area (Å²) in [6.45, 7) is 0. The van der Waals surface area contributed by atoms with Crippen LogP contribution in [0.4, 0.5) is 0 Å². The molecule has 2 heterocycles. The summed E-state index contributed by atoms with van der Waals surface area (Å²) >= 11 is 5.84. The smallest absolute Gasteiger partial charge is 0.140 e. The Kier molecular flexibility index (Phi) is 1.80. The Morgan fingerprint density at radius 2 is 2.17 bits per heavy atom. The van der Waals surface area contributed by atoms with Crippen LogP contribution in [0.25, 0.3) is 11.4 Å². The van der Waals surface area contributed by atoms with E-state index in [9.17, 15) is 0 Å². The zero-order valence-electron chi connectivity index (χ0n) is 6.16. The van der Waals surface area contributed by atoms with Crippen molar-refractivity contribution in [1.29, 1.82) is 0 Å². The molecule has 1 N–H and O–H groups in total. The van der Waals surface area contributed by atoms with Crippen LogP contribution in [-0.2, 0) is 0 Å². The van der Waals surface area contributed by atoms with E-state index in [0.29, 0.717) is 5.15 Å². The molecule has 60 valence electrons. The molecular weight excluding hydrogens is 174 g/mol. The van der Waals surface area contributed by atoms with Crippen molar-refractivity contribution in [3.05, 3.63) is 35.9 Å². The number of H-pyrrole nitrogens is 1. The summed E-state index contributed by atoms with van der Waals surface area (Å²) in [7, 11) is 0. The second kappa shape index (κ2) is 2.95. The fourth-order valence-electron chi connectivity index (χ4n) is 0.975. The highest BCUT2D eigenvalue weighted by Gasteiger charge is 2.03. The van der Waals surface area contributed by atoms with Gasteiger partial charge in [0.05, 0.1) is 5.56 Å². The summed E-state index contributed by atoms with van der Waals surface area (Å²) in [5.74, 6) is 0.744. The molecular formula is C8H6ClN3. The van der Waals surface area contributed by atoms with E-state index >= 15 is 0 Å². The number of aromatic amines is 1. The van der Waals surface area contributed by atoms with E-state index in [4.69, 9.17) is 11.6 Å². The Morgan fingerprint density at radius 3 is 2.83 bits per heavy atom. The molecule has 3 nitrogen and oxygen atoms in total. The molecule has 0 aliphatic rings. The number of aromatic nitrogens is 3. The summed E-state index contributed by atoms with van der Waals surface area (Å²) in [6.07, 6.45) is 5.08. The average Bonchev–Trinajstić information content (AvgIpc) is 2.57. The predicted octanol–water partition coefficient (Wildman–Crippen LogP) is 2.13. The van der Waals surface area contributed by atoms with Gasteiger partial charge in [-0.15, -0.1) is 0 Å². The number of hydrogen-bond donors (Lipinski definition) is 1. The standard InChI is InChI=1S/C8H6ClN3/c9-7-6(2-1-3-10-7)8-11-4-5-12-8/h1-5H,(H,11,12). The van der Waals surface area contributed by atoms with Gasteiger partial charge >= 0.3 is 0 Å². The highest BCUT2D eigenvalue weighted by Crippen LogP contribution is 2.21. The third-order valence-electron chi connectivity index (χ3n) is 1.51. The minimum atomic E-state index is 0.465. The number of hydrogen-bond acceptors (Lipinski definition) is 2. The Balaban J connectivity index is 2.55. The van der Waals surface area contributed by atoms with Gasteiger partial charge in [-0.2, -0.15) is 0 Å². The molecule has 0 aromatic carbocycles. The van der Waals surface area contributed by atoms with Crippen molar-refractivity contribution in [3.63, 3.8) is 0 Å². The Labute approximate surface area is 74.4 Å². The van der Waals surface area contributed by atoms with Gasteiger partial charge in [-0.25, -0.2) is 9.97 Å². The van der Waals surface area contributed by atoms with Crippen LogP contribution in [0.1, 0.15) is 0 Å². The number of imidazole rings is 1. The molecule has 0 spiro atoms. The molecule has 0 aliphatic heterocycles. The molecule has 2 aromatic heterocycles. The summed E-state index contributed by atoms with van der Waals surface area (Å²) < 4.78 is 0. The van der Waals surface area contributed by atoms with Gasteiger partial charge in [0.15, 0.2) is 0 Å². The molecule has 0 radical (unpaired) electrons. The van der Waals surface area contributed by atoms with E-state index < -0.39 is 0 Å². The number of rotatable bonds is 1. The Hall–Kier alpha value is -1.35. The molecule has 0 amide bonds. The van der Waals surface area contributed by atoms with Crippen LogP contribution in [0.3, 0.4) is 0 Å². The fraction of sp³-hybridized carbons (Fsp3) is 0. The molecule has 2 aromatic rings. The van der Waals surface area contributed by atoms with E-state index in [1.54, 1.807) is 18.6 Å². The van der Waals surface area contributed by atoms with E-state index in [1.165, 1.54) is 0 Å². The van der Waals surface area contributed by atoms with Crippen molar-refractivity contribution in [2.45, 2.75) is 0 Å². The molecule has 0 aliphatic carbocycles. The number of halogens is 1. The highest BCUT2D eigenvalue weighted by atomic mass is 35.5. The number of pyridine rings is 1. The summed E-state index contributed by atoms with van der Waals surface area (Å²) in [4.78, 5) is 11.0. The lowest BCUT2D eigenvalue weighted by Crippen LogP contribution is -1.83. The van der Waals surface area contributed by atoms with Crippen LogP contribution in [0, 0.1) is 0 Å². The van der Waals surface area contributed by atoms with Gasteiger partial charge in [0.2, 0.25) is 0 Å². The van der Waals surface area contributed by atoms with Crippen molar-refractivity contribution >= 4 is 11.6 Å². The summed E-state index contributed by atoms with van der Waals surface area (Å²) in [5.41, 5.74) is 0.823. The van der Waals surface area contributed by atoms with Gasteiger partial charge in [-0.05, 0) is 12.1 Å². The van der Waals surface area contributed by atoms with Gasteiger partial charge in [0, 0.05) is 18.6 Å². The van der Waals surface area contributed by atoms with Crippen molar-refractivity contribution in [2.24, 2.45) is 0 Å². The molecule has 0 saturated heterocycles. The van der Waals surface area contributed by atoms with Gasteiger partial charge in [-0.1, -0.05) is 11.6 Å². The van der Waals surface area contributed by atoms with Crippen molar-refractivity contribution in [2.75, 3.05) is 0 Å². The van der Waals surface area contributed by atoms with E-state index in [-0.39, 0.29) is 0 Å². The topological polar surface area (TPSA) is 41.6 Å². The van der Waals surface area contributed by atoms with Crippen molar-refractivity contribution < 1.29 is 0 Å². The SMILES string of the molecule is Clc1ncccc1-c1ncc[nH]1. The second-order valence-corrected chi connectivity index (χ2v) is 2.64. The normalized spacial score (nSPS) is 10.1. The lowest BCUT2D eigenvalue weighted by atomic mass is 10.3. The van der Waals surface area contributed by atoms with Crippen LogP contribution in [-0.4, -0.2) is 15.0 Å². The zero-order chi connectivity index (χ0) is 8.39.